The van der Waals surface area contributed by atoms with Crippen LogP contribution < -0.4 is 0 Å². The molecule has 4 heteroatoms. The Kier molecular flexibility index (Phi) is 6.73. The molecular weight excluding hydrogens is 320 g/mol. The van der Waals surface area contributed by atoms with Crippen molar-refractivity contribution in [2.75, 3.05) is 13.7 Å². The van der Waals surface area contributed by atoms with Crippen LogP contribution in [0.4, 0.5) is 0 Å². The second kappa shape index (κ2) is 7.57. The van der Waals surface area contributed by atoms with E-state index in [0.29, 0.717) is 18.3 Å². The lowest BCUT2D eigenvalue weighted by molar-refractivity contribution is 0.100. The average Bonchev–Trinajstić information content (AvgIpc) is 2.28. The van der Waals surface area contributed by atoms with Gasteiger partial charge in [0.05, 0.1) is 22.0 Å². The predicted molar refractivity (Wildman–Crippen MR) is 86.0 cm³/mol. The molecule has 0 unspecified atom stereocenters. The Morgan fingerprint density at radius 1 is 1.11 bits per heavy atom. The van der Waals surface area contributed by atoms with E-state index in [4.69, 9.17) is 9.47 Å². The Bertz CT molecular complexity index is 405. The van der Waals surface area contributed by atoms with Gasteiger partial charge >= 0.3 is 0 Å². The van der Waals surface area contributed by atoms with Crippen molar-refractivity contribution in [3.8, 4) is 0 Å². The first kappa shape index (κ1) is 16.9. The zero-order valence-electron chi connectivity index (χ0n) is 12.5. The number of ether oxygens (including phenoxy) is 2. The minimum atomic E-state index is -0.343. The van der Waals surface area contributed by atoms with Gasteiger partial charge in [0.2, 0.25) is 0 Å². The fraction of sp³-hybridized carbons (Fsp3) is 0.600. The Morgan fingerprint density at radius 3 is 2.21 bits per heavy atom. The van der Waals surface area contributed by atoms with Crippen LogP contribution in [0, 0.1) is 0 Å². The standard InChI is InChI=1S/C15H24BrO2Si/c1-15(2,19(4)5)11-18-10-13-6-12(9-17-3)7-14(16)8-13/h6-8H,9-11H2,1-5H3. The molecule has 0 fully saturated rings. The summed E-state index contributed by atoms with van der Waals surface area (Å²) < 4.78 is 12.1. The summed E-state index contributed by atoms with van der Waals surface area (Å²) in [4.78, 5) is 0. The minimum absolute atomic E-state index is 0.312. The first-order valence-corrected chi connectivity index (χ1v) is 9.80. The maximum Gasteiger partial charge on any atom is 0.0717 e. The molecule has 0 N–H and O–H groups in total. The fourth-order valence-corrected chi connectivity index (χ4v) is 2.60. The van der Waals surface area contributed by atoms with Gasteiger partial charge in [-0.05, 0) is 28.3 Å². The van der Waals surface area contributed by atoms with Gasteiger partial charge in [-0.2, -0.15) is 0 Å². The van der Waals surface area contributed by atoms with E-state index in [-0.39, 0.29) is 8.80 Å². The molecule has 0 atom stereocenters. The number of methoxy groups -OCH3 is 1. The molecule has 0 aromatic heterocycles. The monoisotopic (exact) mass is 343 g/mol. The van der Waals surface area contributed by atoms with Gasteiger partial charge in [-0.15, -0.1) is 0 Å². The molecule has 0 heterocycles. The summed E-state index contributed by atoms with van der Waals surface area (Å²) in [5.41, 5.74) is 2.36. The van der Waals surface area contributed by atoms with Crippen LogP contribution in [-0.2, 0) is 22.7 Å². The third kappa shape index (κ3) is 5.77. The highest BCUT2D eigenvalue weighted by Gasteiger charge is 2.23. The smallest absolute Gasteiger partial charge is 0.0717 e. The largest absolute Gasteiger partial charge is 0.380 e. The normalized spacial score (nSPS) is 12.2. The molecule has 2 nitrogen and oxygen atoms in total. The van der Waals surface area contributed by atoms with Crippen LogP contribution in [0.15, 0.2) is 22.7 Å². The van der Waals surface area contributed by atoms with Crippen LogP contribution in [0.2, 0.25) is 18.1 Å². The van der Waals surface area contributed by atoms with E-state index in [2.05, 4.69) is 61.1 Å². The summed E-state index contributed by atoms with van der Waals surface area (Å²) in [6, 6.07) is 6.33. The number of rotatable bonds is 7. The van der Waals surface area contributed by atoms with E-state index in [1.807, 2.05) is 0 Å². The first-order chi connectivity index (χ1) is 8.85. The minimum Gasteiger partial charge on any atom is -0.380 e. The van der Waals surface area contributed by atoms with Gasteiger partial charge in [0.1, 0.15) is 0 Å². The highest BCUT2D eigenvalue weighted by atomic mass is 79.9. The van der Waals surface area contributed by atoms with Crippen molar-refractivity contribution < 1.29 is 9.47 Å². The third-order valence-electron chi connectivity index (χ3n) is 3.41. The van der Waals surface area contributed by atoms with E-state index in [0.717, 1.165) is 11.1 Å². The van der Waals surface area contributed by atoms with Gasteiger partial charge < -0.3 is 9.47 Å². The summed E-state index contributed by atoms with van der Waals surface area (Å²) in [6.45, 7) is 11.4. The predicted octanol–water partition coefficient (Wildman–Crippen LogP) is 4.65. The lowest BCUT2D eigenvalue weighted by atomic mass is 10.1. The van der Waals surface area contributed by atoms with Gasteiger partial charge in [-0.25, -0.2) is 0 Å². The quantitative estimate of drug-likeness (QED) is 0.671. The Labute approximate surface area is 127 Å². The molecule has 0 saturated carbocycles. The zero-order chi connectivity index (χ0) is 14.5. The molecule has 0 bridgehead atoms. The Balaban J connectivity index is 2.58. The highest BCUT2D eigenvalue weighted by molar-refractivity contribution is 9.10. The van der Waals surface area contributed by atoms with Gasteiger partial charge in [-0.3, -0.25) is 0 Å². The number of halogens is 1. The van der Waals surface area contributed by atoms with Crippen LogP contribution in [0.25, 0.3) is 0 Å². The van der Waals surface area contributed by atoms with Crippen molar-refractivity contribution in [1.82, 2.24) is 0 Å². The van der Waals surface area contributed by atoms with Crippen molar-refractivity contribution in [2.24, 2.45) is 0 Å². The second-order valence-corrected chi connectivity index (χ2v) is 10.0. The lowest BCUT2D eigenvalue weighted by Crippen LogP contribution is -2.26. The van der Waals surface area contributed by atoms with Crippen LogP contribution in [0.5, 0.6) is 0 Å². The topological polar surface area (TPSA) is 18.5 Å². The van der Waals surface area contributed by atoms with Crippen molar-refractivity contribution in [3.05, 3.63) is 33.8 Å². The molecule has 19 heavy (non-hydrogen) atoms. The molecule has 1 aromatic rings. The van der Waals surface area contributed by atoms with Crippen LogP contribution in [0.3, 0.4) is 0 Å². The molecular formula is C15H24BrO2Si. The van der Waals surface area contributed by atoms with E-state index in [1.165, 1.54) is 11.1 Å². The molecule has 0 aliphatic rings. The van der Waals surface area contributed by atoms with Crippen molar-refractivity contribution in [1.29, 1.82) is 0 Å². The molecule has 0 amide bonds. The molecule has 1 radical (unpaired) electrons. The molecule has 0 saturated heterocycles. The van der Waals surface area contributed by atoms with E-state index < -0.39 is 0 Å². The summed E-state index contributed by atoms with van der Waals surface area (Å²) in [7, 11) is 1.37. The molecule has 0 aliphatic heterocycles. The molecule has 0 aliphatic carbocycles. The molecule has 1 aromatic carbocycles. The highest BCUT2D eigenvalue weighted by Crippen LogP contribution is 2.29. The number of hydrogen-bond acceptors (Lipinski definition) is 2. The van der Waals surface area contributed by atoms with E-state index >= 15 is 0 Å². The average molecular weight is 344 g/mol. The van der Waals surface area contributed by atoms with Crippen LogP contribution in [-0.4, -0.2) is 22.5 Å². The number of hydrogen-bond donors (Lipinski definition) is 0. The Hall–Kier alpha value is -0.163. The number of benzene rings is 1. The summed E-state index contributed by atoms with van der Waals surface area (Å²) in [6.07, 6.45) is 0. The molecule has 1 rings (SSSR count). The maximum absolute atomic E-state index is 5.90. The van der Waals surface area contributed by atoms with Crippen molar-refractivity contribution in [2.45, 2.75) is 45.2 Å². The second-order valence-electron chi connectivity index (χ2n) is 5.78. The zero-order valence-corrected chi connectivity index (χ0v) is 15.1. The van der Waals surface area contributed by atoms with Gasteiger partial charge in [0, 0.05) is 18.2 Å². The van der Waals surface area contributed by atoms with Gasteiger partial charge in [0.25, 0.3) is 0 Å². The van der Waals surface area contributed by atoms with Crippen molar-refractivity contribution >= 4 is 24.7 Å². The van der Waals surface area contributed by atoms with Gasteiger partial charge in [-0.1, -0.05) is 48.9 Å². The molecule has 0 spiro atoms. The van der Waals surface area contributed by atoms with E-state index in [9.17, 15) is 0 Å². The SMILES string of the molecule is COCc1cc(Br)cc(COCC(C)(C)[Si](C)C)c1. The van der Waals surface area contributed by atoms with E-state index in [1.54, 1.807) is 7.11 Å². The van der Waals surface area contributed by atoms with Crippen LogP contribution in [0.1, 0.15) is 25.0 Å². The van der Waals surface area contributed by atoms with Gasteiger partial charge in [0.15, 0.2) is 0 Å². The maximum atomic E-state index is 5.90. The first-order valence-electron chi connectivity index (χ1n) is 6.51. The lowest BCUT2D eigenvalue weighted by Gasteiger charge is -2.27. The van der Waals surface area contributed by atoms with Crippen LogP contribution >= 0.6 is 15.9 Å². The summed E-state index contributed by atoms with van der Waals surface area (Å²) in [5, 5.41) is 0.312. The third-order valence-corrected chi connectivity index (χ3v) is 6.72. The summed E-state index contributed by atoms with van der Waals surface area (Å²) >= 11 is 3.53. The Morgan fingerprint density at radius 2 is 1.68 bits per heavy atom. The summed E-state index contributed by atoms with van der Waals surface area (Å²) in [5.74, 6) is 0. The molecule has 107 valence electrons. The van der Waals surface area contributed by atoms with Crippen molar-refractivity contribution in [3.63, 3.8) is 0 Å². The fourth-order valence-electron chi connectivity index (χ4n) is 1.62.